The van der Waals surface area contributed by atoms with E-state index in [9.17, 15) is 9.59 Å². The summed E-state index contributed by atoms with van der Waals surface area (Å²) in [6.45, 7) is -0.390. The van der Waals surface area contributed by atoms with Crippen LogP contribution in [0.4, 0.5) is 0 Å². The van der Waals surface area contributed by atoms with Crippen LogP contribution in [0, 0.1) is 0 Å². The molecule has 0 atom stereocenters. The van der Waals surface area contributed by atoms with Gasteiger partial charge in [-0.05, 0) is 28.1 Å². The number of nitrogens with zero attached hydrogens (tertiary/aromatic N) is 1. The van der Waals surface area contributed by atoms with Crippen molar-refractivity contribution in [1.29, 1.82) is 0 Å². The Bertz CT molecular complexity index is 367. The quantitative estimate of drug-likeness (QED) is 0.781. The maximum atomic E-state index is 11.3. The van der Waals surface area contributed by atoms with Gasteiger partial charge < -0.3 is 10.4 Å². The van der Waals surface area contributed by atoms with Crippen molar-refractivity contribution in [2.24, 2.45) is 0 Å². The maximum Gasteiger partial charge on any atom is 0.322 e. The third-order valence-electron chi connectivity index (χ3n) is 1.39. The molecule has 0 unspecified atom stereocenters. The molecule has 14 heavy (non-hydrogen) atoms. The van der Waals surface area contributed by atoms with E-state index in [2.05, 4.69) is 26.2 Å². The minimum absolute atomic E-state index is 0.369. The number of aliphatic carboxylic acids is 1. The van der Waals surface area contributed by atoms with Crippen LogP contribution < -0.4 is 5.32 Å². The van der Waals surface area contributed by atoms with Gasteiger partial charge in [-0.1, -0.05) is 0 Å². The number of pyridine rings is 1. The zero-order valence-corrected chi connectivity index (χ0v) is 8.61. The van der Waals surface area contributed by atoms with Crippen molar-refractivity contribution < 1.29 is 14.7 Å². The Morgan fingerprint density at radius 2 is 2.29 bits per heavy atom. The SMILES string of the molecule is O=C(O)CNC(=O)c1ccnc(Br)c1. The number of amides is 1. The van der Waals surface area contributed by atoms with Crippen LogP contribution in [0.25, 0.3) is 0 Å². The molecule has 0 aliphatic carbocycles. The van der Waals surface area contributed by atoms with Crippen molar-refractivity contribution in [3.8, 4) is 0 Å². The van der Waals surface area contributed by atoms with Crippen LogP contribution in [0.1, 0.15) is 10.4 Å². The van der Waals surface area contributed by atoms with Gasteiger partial charge in [0, 0.05) is 11.8 Å². The van der Waals surface area contributed by atoms with Crippen molar-refractivity contribution in [1.82, 2.24) is 10.3 Å². The molecule has 0 aliphatic heterocycles. The van der Waals surface area contributed by atoms with Gasteiger partial charge in [0.1, 0.15) is 11.1 Å². The maximum absolute atomic E-state index is 11.3. The van der Waals surface area contributed by atoms with Crippen LogP contribution in [0.3, 0.4) is 0 Å². The number of carbonyl (C=O) groups excluding carboxylic acids is 1. The van der Waals surface area contributed by atoms with Crippen LogP contribution >= 0.6 is 15.9 Å². The average Bonchev–Trinajstić information content (AvgIpc) is 2.14. The number of carboxylic acids is 1. The van der Waals surface area contributed by atoms with E-state index in [1.165, 1.54) is 18.3 Å². The van der Waals surface area contributed by atoms with Gasteiger partial charge in [0.25, 0.3) is 5.91 Å². The third-order valence-corrected chi connectivity index (χ3v) is 1.82. The molecule has 6 heteroatoms. The second-order valence-electron chi connectivity index (χ2n) is 2.44. The van der Waals surface area contributed by atoms with Gasteiger partial charge in [0.2, 0.25) is 0 Å². The van der Waals surface area contributed by atoms with E-state index in [0.29, 0.717) is 10.2 Å². The molecular weight excluding hydrogens is 252 g/mol. The van der Waals surface area contributed by atoms with Gasteiger partial charge in [-0.2, -0.15) is 0 Å². The molecular formula is C8H7BrN2O3. The standard InChI is InChI=1S/C8H7BrN2O3/c9-6-3-5(1-2-10-6)8(14)11-4-7(12)13/h1-3H,4H2,(H,11,14)(H,12,13). The summed E-state index contributed by atoms with van der Waals surface area (Å²) >= 11 is 3.10. The highest BCUT2D eigenvalue weighted by atomic mass is 79.9. The Morgan fingerprint density at radius 1 is 1.57 bits per heavy atom. The molecule has 1 amide bonds. The molecule has 2 N–H and O–H groups in total. The topological polar surface area (TPSA) is 79.3 Å². The van der Waals surface area contributed by atoms with Crippen LogP contribution in [-0.4, -0.2) is 28.5 Å². The molecule has 1 heterocycles. The smallest absolute Gasteiger partial charge is 0.322 e. The highest BCUT2D eigenvalue weighted by Gasteiger charge is 2.06. The number of hydrogen-bond donors (Lipinski definition) is 2. The van der Waals surface area contributed by atoms with Gasteiger partial charge in [-0.15, -0.1) is 0 Å². The normalized spacial score (nSPS) is 9.50. The molecule has 0 saturated carbocycles. The van der Waals surface area contributed by atoms with Gasteiger partial charge in [-0.25, -0.2) is 4.98 Å². The van der Waals surface area contributed by atoms with Crippen LogP contribution in [0.15, 0.2) is 22.9 Å². The van der Waals surface area contributed by atoms with E-state index >= 15 is 0 Å². The summed E-state index contributed by atoms with van der Waals surface area (Å²) in [6.07, 6.45) is 1.46. The zero-order valence-electron chi connectivity index (χ0n) is 7.03. The summed E-state index contributed by atoms with van der Waals surface area (Å²) in [5.41, 5.74) is 0.369. The molecule has 0 bridgehead atoms. The minimum atomic E-state index is -1.08. The molecule has 1 aromatic heterocycles. The van der Waals surface area contributed by atoms with Crippen molar-refractivity contribution in [3.63, 3.8) is 0 Å². The van der Waals surface area contributed by atoms with Crippen LogP contribution in [0.2, 0.25) is 0 Å². The lowest BCUT2D eigenvalue weighted by molar-refractivity contribution is -0.135. The number of carboxylic acid groups (broad SMARTS) is 1. The van der Waals surface area contributed by atoms with E-state index < -0.39 is 18.4 Å². The monoisotopic (exact) mass is 258 g/mol. The van der Waals surface area contributed by atoms with Crippen molar-refractivity contribution in [2.75, 3.05) is 6.54 Å². The molecule has 5 nitrogen and oxygen atoms in total. The minimum Gasteiger partial charge on any atom is -0.480 e. The first-order valence-electron chi connectivity index (χ1n) is 3.71. The lowest BCUT2D eigenvalue weighted by Crippen LogP contribution is -2.29. The third kappa shape index (κ3) is 3.14. The number of rotatable bonds is 3. The highest BCUT2D eigenvalue weighted by molar-refractivity contribution is 9.10. The van der Waals surface area contributed by atoms with E-state index in [-0.39, 0.29) is 0 Å². The molecule has 1 aromatic rings. The van der Waals surface area contributed by atoms with Crippen molar-refractivity contribution in [2.45, 2.75) is 0 Å². The largest absolute Gasteiger partial charge is 0.480 e. The molecule has 0 saturated heterocycles. The molecule has 0 aromatic carbocycles. The molecule has 74 valence electrons. The van der Waals surface area contributed by atoms with E-state index in [1.54, 1.807) is 0 Å². The first-order valence-corrected chi connectivity index (χ1v) is 4.50. The molecule has 0 spiro atoms. The zero-order chi connectivity index (χ0) is 10.6. The number of hydrogen-bond acceptors (Lipinski definition) is 3. The number of halogens is 1. The van der Waals surface area contributed by atoms with Gasteiger partial charge >= 0.3 is 5.97 Å². The predicted octanol–water partition coefficient (Wildman–Crippen LogP) is 0.658. The Morgan fingerprint density at radius 3 is 2.86 bits per heavy atom. The van der Waals surface area contributed by atoms with E-state index in [4.69, 9.17) is 5.11 Å². The summed E-state index contributed by atoms with van der Waals surface area (Å²) in [5, 5.41) is 10.6. The highest BCUT2D eigenvalue weighted by Crippen LogP contribution is 2.07. The van der Waals surface area contributed by atoms with Crippen LogP contribution in [0.5, 0.6) is 0 Å². The van der Waals surface area contributed by atoms with Crippen molar-refractivity contribution in [3.05, 3.63) is 28.5 Å². The second kappa shape index (κ2) is 4.71. The van der Waals surface area contributed by atoms with Crippen molar-refractivity contribution >= 4 is 27.8 Å². The second-order valence-corrected chi connectivity index (χ2v) is 3.26. The van der Waals surface area contributed by atoms with Gasteiger partial charge in [0.05, 0.1) is 0 Å². The van der Waals surface area contributed by atoms with E-state index in [0.717, 1.165) is 0 Å². The first kappa shape index (κ1) is 10.6. The molecule has 0 fully saturated rings. The fourth-order valence-electron chi connectivity index (χ4n) is 0.802. The number of aromatic nitrogens is 1. The van der Waals surface area contributed by atoms with E-state index in [1.807, 2.05) is 0 Å². The number of carbonyl (C=O) groups is 2. The first-order chi connectivity index (χ1) is 6.59. The molecule has 0 aliphatic rings. The fraction of sp³-hybridized carbons (Fsp3) is 0.125. The Hall–Kier alpha value is -1.43. The Balaban J connectivity index is 2.65. The summed E-state index contributed by atoms with van der Waals surface area (Å²) in [7, 11) is 0. The summed E-state index contributed by atoms with van der Waals surface area (Å²) < 4.78 is 0.528. The average molecular weight is 259 g/mol. The summed E-state index contributed by atoms with van der Waals surface area (Å²) in [4.78, 5) is 25.3. The Kier molecular flexibility index (Phi) is 3.58. The summed E-state index contributed by atoms with van der Waals surface area (Å²) in [5.74, 6) is -1.51. The van der Waals surface area contributed by atoms with Gasteiger partial charge in [0.15, 0.2) is 0 Å². The fourth-order valence-corrected chi connectivity index (χ4v) is 1.17. The lowest BCUT2D eigenvalue weighted by atomic mass is 10.2. The number of nitrogens with one attached hydrogen (secondary N) is 1. The molecule has 0 radical (unpaired) electrons. The predicted molar refractivity (Wildman–Crippen MR) is 51.9 cm³/mol. The van der Waals surface area contributed by atoms with Crippen LogP contribution in [-0.2, 0) is 4.79 Å². The van der Waals surface area contributed by atoms with Gasteiger partial charge in [-0.3, -0.25) is 9.59 Å². The summed E-state index contributed by atoms with van der Waals surface area (Å²) in [6, 6.07) is 3.01. The lowest BCUT2D eigenvalue weighted by Gasteiger charge is -2.01. The molecule has 1 rings (SSSR count). The Labute approximate surface area is 88.3 Å².